The van der Waals surface area contributed by atoms with Crippen LogP contribution >= 0.6 is 11.8 Å². The summed E-state index contributed by atoms with van der Waals surface area (Å²) in [5.74, 6) is 0.216. The van der Waals surface area contributed by atoms with Crippen LogP contribution in [0.15, 0.2) is 12.7 Å². The van der Waals surface area contributed by atoms with Crippen molar-refractivity contribution in [3.05, 3.63) is 12.7 Å². The number of hydrogen-bond acceptors (Lipinski definition) is 13. The molecule has 3 amide bonds. The van der Waals surface area contributed by atoms with Gasteiger partial charge in [-0.15, -0.1) is 0 Å². The van der Waals surface area contributed by atoms with Gasteiger partial charge in [-0.3, -0.25) is 13.5 Å². The van der Waals surface area contributed by atoms with Gasteiger partial charge < -0.3 is 31.3 Å². The minimum absolute atomic E-state index is 0.0310. The molecule has 3 fully saturated rings. The largest absolute Gasteiger partial charge is 0.387 e. The number of nitrogens with zero attached hydrogens (tertiary/aromatic N) is 4. The summed E-state index contributed by atoms with van der Waals surface area (Å²) in [6.45, 7) is 0.651. The van der Waals surface area contributed by atoms with Crippen molar-refractivity contribution in [2.45, 2.75) is 74.0 Å². The predicted octanol–water partition coefficient (Wildman–Crippen LogP) is -1.48. The standard InChI is InChI=1S/C21H30N8O8S2/c1-21(33)16(31)11(37-19(21)29-9-25-15-17(22)23-8-24-18(15)29)6-36-39(34,35)28-13(30)5-3-2-4-12-14-10(7-38-12)26-20(32)27-14/h8-12,14,16,19,31,33H,2-7H2,1H3,(H,28,30)(H2,22,23,24)(H2,26,27,32)/t10?,11-,12-,14?,16-,19-,21-/m1/s1. The van der Waals surface area contributed by atoms with Gasteiger partial charge in [0.25, 0.3) is 0 Å². The summed E-state index contributed by atoms with van der Waals surface area (Å²) in [5, 5.41) is 27.6. The van der Waals surface area contributed by atoms with Gasteiger partial charge >= 0.3 is 16.3 Å². The van der Waals surface area contributed by atoms with Crippen LogP contribution in [0.25, 0.3) is 11.2 Å². The lowest BCUT2D eigenvalue weighted by molar-refractivity contribution is -0.119. The molecule has 7 atom stereocenters. The molecule has 0 saturated carbocycles. The van der Waals surface area contributed by atoms with E-state index in [-0.39, 0.29) is 46.8 Å². The molecule has 3 saturated heterocycles. The van der Waals surface area contributed by atoms with E-state index in [9.17, 15) is 28.2 Å². The van der Waals surface area contributed by atoms with Crippen LogP contribution in [0, 0.1) is 0 Å². The first-order valence-corrected chi connectivity index (χ1v) is 14.8. The summed E-state index contributed by atoms with van der Waals surface area (Å²) in [6, 6.07) is 0.0218. The number of unbranched alkanes of at least 4 members (excludes halogenated alkanes) is 1. The number of fused-ring (bicyclic) bond motifs is 2. The maximum absolute atomic E-state index is 12.3. The Bertz CT molecular complexity index is 1350. The third-order valence-corrected chi connectivity index (χ3v) is 9.53. The summed E-state index contributed by atoms with van der Waals surface area (Å²) in [4.78, 5) is 35.7. The SMILES string of the molecule is C[C@@]1(O)[C@H](O)[C@@H](COS(=O)(=O)NC(=O)CCCC[C@H]2SCC3NC(=O)NC32)O[C@H]1n1cnc2c(N)ncnc21. The maximum atomic E-state index is 12.3. The molecule has 16 nitrogen and oxygen atoms in total. The Kier molecular flexibility index (Phi) is 7.59. The van der Waals surface area contributed by atoms with Gasteiger partial charge in [-0.1, -0.05) is 6.42 Å². The highest BCUT2D eigenvalue weighted by Crippen LogP contribution is 2.40. The number of urea groups is 1. The molecule has 5 rings (SSSR count). The van der Waals surface area contributed by atoms with Crippen molar-refractivity contribution in [1.82, 2.24) is 34.9 Å². The number of amides is 3. The number of carbonyl (C=O) groups excluding carboxylic acids is 2. The van der Waals surface area contributed by atoms with Crippen LogP contribution in [0.4, 0.5) is 10.6 Å². The Labute approximate surface area is 227 Å². The fourth-order valence-electron chi connectivity index (χ4n) is 5.07. The van der Waals surface area contributed by atoms with E-state index in [2.05, 4.69) is 25.6 Å². The smallest absolute Gasteiger partial charge is 0.362 e. The number of nitrogens with two attached hydrogens (primary N) is 1. The van der Waals surface area contributed by atoms with Crippen molar-refractivity contribution in [3.63, 3.8) is 0 Å². The monoisotopic (exact) mass is 586 g/mol. The van der Waals surface area contributed by atoms with E-state index in [0.717, 1.165) is 12.2 Å². The molecule has 3 aliphatic rings. The van der Waals surface area contributed by atoms with Crippen LogP contribution in [-0.4, -0.2) is 97.6 Å². The number of imidazole rings is 1. The number of rotatable bonds is 10. The van der Waals surface area contributed by atoms with Crippen molar-refractivity contribution >= 4 is 51.0 Å². The Hall–Kier alpha value is -2.77. The molecule has 0 radical (unpaired) electrons. The highest BCUT2D eigenvalue weighted by molar-refractivity contribution is 8.00. The number of thioether (sulfide) groups is 1. The van der Waals surface area contributed by atoms with E-state index in [0.29, 0.717) is 12.8 Å². The normalized spacial score (nSPS) is 32.2. The van der Waals surface area contributed by atoms with Crippen molar-refractivity contribution < 1.29 is 37.1 Å². The molecule has 0 aliphatic carbocycles. The minimum Gasteiger partial charge on any atom is -0.387 e. The molecule has 5 heterocycles. The Morgan fingerprint density at radius 1 is 1.36 bits per heavy atom. The van der Waals surface area contributed by atoms with E-state index < -0.39 is 46.9 Å². The molecule has 214 valence electrons. The molecule has 2 aromatic rings. The van der Waals surface area contributed by atoms with Crippen LogP contribution in [0.1, 0.15) is 38.8 Å². The second-order valence-corrected chi connectivity index (χ2v) is 12.5. The minimum atomic E-state index is -4.50. The van der Waals surface area contributed by atoms with E-state index >= 15 is 0 Å². The summed E-state index contributed by atoms with van der Waals surface area (Å²) in [7, 11) is -4.50. The van der Waals surface area contributed by atoms with Gasteiger partial charge in [-0.05, 0) is 19.8 Å². The molecule has 0 spiro atoms. The lowest BCUT2D eigenvalue weighted by atomic mass is 9.96. The third-order valence-electron chi connectivity index (χ3n) is 7.10. The summed E-state index contributed by atoms with van der Waals surface area (Å²) in [5.41, 5.74) is 4.44. The quantitative estimate of drug-likeness (QED) is 0.138. The lowest BCUT2D eigenvalue weighted by Gasteiger charge is -2.27. The Morgan fingerprint density at radius 3 is 2.95 bits per heavy atom. The van der Waals surface area contributed by atoms with Crippen LogP contribution in [-0.2, 0) is 24.0 Å². The molecule has 0 aromatic carbocycles. The fraction of sp³-hybridized carbons (Fsp3) is 0.667. The van der Waals surface area contributed by atoms with Gasteiger partial charge in [-0.25, -0.2) is 24.5 Å². The average molecular weight is 587 g/mol. The van der Waals surface area contributed by atoms with Crippen molar-refractivity contribution in [2.75, 3.05) is 18.1 Å². The first-order chi connectivity index (χ1) is 18.5. The van der Waals surface area contributed by atoms with Crippen molar-refractivity contribution in [3.8, 4) is 0 Å². The van der Waals surface area contributed by atoms with E-state index in [1.165, 1.54) is 24.1 Å². The number of aliphatic hydroxyl groups excluding tert-OH is 1. The number of anilines is 1. The second-order valence-electron chi connectivity index (χ2n) is 9.91. The number of carbonyl (C=O) groups is 2. The number of hydrogen-bond donors (Lipinski definition) is 6. The molecule has 0 bridgehead atoms. The number of nitrogens with one attached hydrogen (secondary N) is 3. The molecule has 2 unspecified atom stereocenters. The maximum Gasteiger partial charge on any atom is 0.362 e. The van der Waals surface area contributed by atoms with Crippen LogP contribution in [0.3, 0.4) is 0 Å². The zero-order valence-corrected chi connectivity index (χ0v) is 22.5. The third kappa shape index (κ3) is 5.62. The van der Waals surface area contributed by atoms with E-state index in [1.54, 1.807) is 11.8 Å². The molecule has 7 N–H and O–H groups in total. The van der Waals surface area contributed by atoms with Crippen LogP contribution in [0.2, 0.25) is 0 Å². The van der Waals surface area contributed by atoms with Crippen molar-refractivity contribution in [1.29, 1.82) is 0 Å². The first kappa shape index (κ1) is 27.8. The highest BCUT2D eigenvalue weighted by atomic mass is 32.2. The number of aliphatic hydroxyl groups is 2. The number of nitrogen functional groups attached to an aromatic ring is 1. The molecule has 3 aliphatic heterocycles. The van der Waals surface area contributed by atoms with Crippen LogP contribution in [0.5, 0.6) is 0 Å². The first-order valence-electron chi connectivity index (χ1n) is 12.3. The van der Waals surface area contributed by atoms with Gasteiger partial charge in [0, 0.05) is 17.4 Å². The zero-order chi connectivity index (χ0) is 27.9. The van der Waals surface area contributed by atoms with E-state index in [4.69, 9.17) is 14.7 Å². The Balaban J connectivity index is 1.09. The number of ether oxygens (including phenoxy) is 1. The average Bonchev–Trinajstić information content (AvgIpc) is 3.60. The molecular formula is C21H30N8O8S2. The second kappa shape index (κ2) is 10.7. The van der Waals surface area contributed by atoms with Gasteiger partial charge in [0.2, 0.25) is 5.91 Å². The highest BCUT2D eigenvalue weighted by Gasteiger charge is 2.54. The fourth-order valence-corrected chi connectivity index (χ4v) is 7.37. The van der Waals surface area contributed by atoms with Gasteiger partial charge in [0.1, 0.15) is 29.7 Å². The summed E-state index contributed by atoms with van der Waals surface area (Å²) >= 11 is 1.76. The predicted molar refractivity (Wildman–Crippen MR) is 137 cm³/mol. The van der Waals surface area contributed by atoms with Crippen LogP contribution < -0.4 is 21.1 Å². The molecule has 39 heavy (non-hydrogen) atoms. The summed E-state index contributed by atoms with van der Waals surface area (Å²) in [6.07, 6.45) is 0.420. The Morgan fingerprint density at radius 2 is 2.15 bits per heavy atom. The topological polar surface area (TPSA) is 233 Å². The van der Waals surface area contributed by atoms with Gasteiger partial charge in [0.05, 0.1) is 25.0 Å². The van der Waals surface area contributed by atoms with Gasteiger partial charge in [-0.2, -0.15) is 20.2 Å². The van der Waals surface area contributed by atoms with E-state index in [1.807, 2.05) is 4.72 Å². The molecule has 18 heteroatoms. The summed E-state index contributed by atoms with van der Waals surface area (Å²) < 4.78 is 38.5. The molecule has 2 aromatic heterocycles. The molecular weight excluding hydrogens is 556 g/mol. The van der Waals surface area contributed by atoms with Crippen molar-refractivity contribution in [2.24, 2.45) is 0 Å². The lowest BCUT2D eigenvalue weighted by Crippen LogP contribution is -2.45. The zero-order valence-electron chi connectivity index (χ0n) is 20.9. The van der Waals surface area contributed by atoms with Gasteiger partial charge in [0.15, 0.2) is 17.7 Å². The number of aromatic nitrogens is 4.